The van der Waals surface area contributed by atoms with E-state index in [4.69, 9.17) is 5.26 Å². The average Bonchev–Trinajstić information content (AvgIpc) is 2.55. The number of hydrogen-bond acceptors (Lipinski definition) is 5. The first-order valence-electron chi connectivity index (χ1n) is 6.74. The number of aromatic nitrogens is 2. The minimum absolute atomic E-state index is 0.674. The minimum Gasteiger partial charge on any atom is -0.368 e. The third-order valence-corrected chi connectivity index (χ3v) is 3.95. The molecule has 0 aliphatic carbocycles. The van der Waals surface area contributed by atoms with Crippen molar-refractivity contribution in [2.24, 2.45) is 0 Å². The smallest absolute Gasteiger partial charge is 0.225 e. The van der Waals surface area contributed by atoms with E-state index >= 15 is 0 Å². The first-order chi connectivity index (χ1) is 10.3. The van der Waals surface area contributed by atoms with Crippen LogP contribution >= 0.6 is 15.9 Å². The van der Waals surface area contributed by atoms with Crippen LogP contribution in [0.15, 0.2) is 41.1 Å². The SMILES string of the molecule is N#Cc1cc(Br)cc(N2CCN(c3ncccn3)CC2)c1. The van der Waals surface area contributed by atoms with Crippen LogP contribution in [0.4, 0.5) is 11.6 Å². The maximum absolute atomic E-state index is 9.06. The summed E-state index contributed by atoms with van der Waals surface area (Å²) in [5.74, 6) is 0.782. The summed E-state index contributed by atoms with van der Waals surface area (Å²) < 4.78 is 0.936. The fraction of sp³-hybridized carbons (Fsp3) is 0.267. The lowest BCUT2D eigenvalue weighted by Crippen LogP contribution is -2.47. The van der Waals surface area contributed by atoms with Crippen LogP contribution in [0.1, 0.15) is 5.56 Å². The molecule has 1 saturated heterocycles. The minimum atomic E-state index is 0.674. The van der Waals surface area contributed by atoms with Crippen LogP contribution in [-0.4, -0.2) is 36.1 Å². The van der Waals surface area contributed by atoms with E-state index in [2.05, 4.69) is 47.8 Å². The largest absolute Gasteiger partial charge is 0.368 e. The lowest BCUT2D eigenvalue weighted by atomic mass is 10.2. The Kier molecular flexibility index (Phi) is 4.02. The van der Waals surface area contributed by atoms with Crippen LogP contribution in [-0.2, 0) is 0 Å². The van der Waals surface area contributed by atoms with Crippen LogP contribution in [0.2, 0.25) is 0 Å². The van der Waals surface area contributed by atoms with Crippen molar-refractivity contribution in [3.05, 3.63) is 46.7 Å². The molecule has 1 aliphatic rings. The highest BCUT2D eigenvalue weighted by atomic mass is 79.9. The van der Waals surface area contributed by atoms with Gasteiger partial charge in [0.25, 0.3) is 0 Å². The van der Waals surface area contributed by atoms with Gasteiger partial charge in [-0.15, -0.1) is 0 Å². The van der Waals surface area contributed by atoms with Crippen molar-refractivity contribution in [1.29, 1.82) is 5.26 Å². The molecule has 0 radical (unpaired) electrons. The van der Waals surface area contributed by atoms with Gasteiger partial charge in [0.2, 0.25) is 5.95 Å². The summed E-state index contributed by atoms with van der Waals surface area (Å²) in [6, 6.07) is 9.83. The molecule has 106 valence electrons. The highest BCUT2D eigenvalue weighted by Gasteiger charge is 2.19. The van der Waals surface area contributed by atoms with Gasteiger partial charge in [-0.25, -0.2) is 9.97 Å². The van der Waals surface area contributed by atoms with Gasteiger partial charge < -0.3 is 9.80 Å². The molecule has 2 heterocycles. The molecule has 0 N–H and O–H groups in total. The Morgan fingerprint density at radius 1 is 1.00 bits per heavy atom. The molecule has 6 heteroatoms. The van der Waals surface area contributed by atoms with Crippen molar-refractivity contribution in [2.45, 2.75) is 0 Å². The molecule has 0 unspecified atom stereocenters. The van der Waals surface area contributed by atoms with Gasteiger partial charge in [-0.1, -0.05) is 15.9 Å². The molecular weight excluding hydrogens is 330 g/mol. The van der Waals surface area contributed by atoms with Crippen LogP contribution in [0, 0.1) is 11.3 Å². The molecule has 0 amide bonds. The summed E-state index contributed by atoms with van der Waals surface area (Å²) >= 11 is 3.46. The van der Waals surface area contributed by atoms with Gasteiger partial charge >= 0.3 is 0 Å². The van der Waals surface area contributed by atoms with Gasteiger partial charge in [-0.2, -0.15) is 5.26 Å². The lowest BCUT2D eigenvalue weighted by Gasteiger charge is -2.36. The van der Waals surface area contributed by atoms with Crippen molar-refractivity contribution < 1.29 is 0 Å². The fourth-order valence-corrected chi connectivity index (χ4v) is 2.92. The molecule has 1 aliphatic heterocycles. The topological polar surface area (TPSA) is 56.1 Å². The molecule has 0 spiro atoms. The maximum atomic E-state index is 9.06. The van der Waals surface area contributed by atoms with E-state index in [0.29, 0.717) is 5.56 Å². The highest BCUT2D eigenvalue weighted by molar-refractivity contribution is 9.10. The standard InChI is InChI=1S/C15H14BrN5/c16-13-8-12(11-17)9-14(10-13)20-4-6-21(7-5-20)15-18-2-1-3-19-15/h1-3,8-10H,4-7H2. The molecule has 0 bridgehead atoms. The van der Waals surface area contributed by atoms with E-state index in [0.717, 1.165) is 42.3 Å². The van der Waals surface area contributed by atoms with Gasteiger partial charge in [-0.05, 0) is 24.3 Å². The van der Waals surface area contributed by atoms with E-state index in [1.54, 1.807) is 12.4 Å². The number of nitriles is 1. The quantitative estimate of drug-likeness (QED) is 0.838. The second kappa shape index (κ2) is 6.10. The molecule has 21 heavy (non-hydrogen) atoms. The third-order valence-electron chi connectivity index (χ3n) is 3.49. The summed E-state index contributed by atoms with van der Waals surface area (Å²) in [6.07, 6.45) is 3.53. The number of halogens is 1. The molecule has 0 atom stereocenters. The number of nitrogens with zero attached hydrogens (tertiary/aromatic N) is 5. The number of anilines is 2. The highest BCUT2D eigenvalue weighted by Crippen LogP contribution is 2.24. The molecule has 2 aromatic rings. The predicted molar refractivity (Wildman–Crippen MR) is 85.3 cm³/mol. The second-order valence-electron chi connectivity index (χ2n) is 4.83. The first kappa shape index (κ1) is 13.8. The number of rotatable bonds is 2. The summed E-state index contributed by atoms with van der Waals surface area (Å²) in [5, 5.41) is 9.06. The van der Waals surface area contributed by atoms with E-state index in [1.807, 2.05) is 18.2 Å². The van der Waals surface area contributed by atoms with E-state index in [1.165, 1.54) is 0 Å². The monoisotopic (exact) mass is 343 g/mol. The predicted octanol–water partition coefficient (Wildman–Crippen LogP) is 2.44. The van der Waals surface area contributed by atoms with Crippen LogP contribution < -0.4 is 9.80 Å². The Hall–Kier alpha value is -2.13. The Morgan fingerprint density at radius 2 is 1.67 bits per heavy atom. The van der Waals surface area contributed by atoms with Crippen molar-refractivity contribution in [3.63, 3.8) is 0 Å². The second-order valence-corrected chi connectivity index (χ2v) is 5.75. The van der Waals surface area contributed by atoms with Gasteiger partial charge in [0, 0.05) is 48.7 Å². The Labute approximate surface area is 132 Å². The van der Waals surface area contributed by atoms with Gasteiger partial charge in [-0.3, -0.25) is 0 Å². The molecule has 1 aromatic carbocycles. The molecule has 3 rings (SSSR count). The maximum Gasteiger partial charge on any atom is 0.225 e. The number of piperazine rings is 1. The summed E-state index contributed by atoms with van der Waals surface area (Å²) in [5.41, 5.74) is 1.75. The van der Waals surface area contributed by atoms with E-state index in [-0.39, 0.29) is 0 Å². The van der Waals surface area contributed by atoms with Crippen LogP contribution in [0.3, 0.4) is 0 Å². The molecule has 0 saturated carbocycles. The fourth-order valence-electron chi connectivity index (χ4n) is 2.44. The van der Waals surface area contributed by atoms with Crippen molar-refractivity contribution in [2.75, 3.05) is 36.0 Å². The summed E-state index contributed by atoms with van der Waals surface area (Å²) in [7, 11) is 0. The molecular formula is C15H14BrN5. The average molecular weight is 344 g/mol. The molecule has 1 fully saturated rings. The zero-order valence-corrected chi connectivity index (χ0v) is 13.0. The molecule has 5 nitrogen and oxygen atoms in total. The van der Waals surface area contributed by atoms with Crippen LogP contribution in [0.25, 0.3) is 0 Å². The van der Waals surface area contributed by atoms with Crippen molar-refractivity contribution >= 4 is 27.6 Å². The zero-order chi connectivity index (χ0) is 14.7. The zero-order valence-electron chi connectivity index (χ0n) is 11.4. The number of benzene rings is 1. The Morgan fingerprint density at radius 3 is 2.33 bits per heavy atom. The normalized spacial score (nSPS) is 14.9. The number of hydrogen-bond donors (Lipinski definition) is 0. The first-order valence-corrected chi connectivity index (χ1v) is 7.53. The van der Waals surface area contributed by atoms with Crippen molar-refractivity contribution in [3.8, 4) is 6.07 Å². The third kappa shape index (κ3) is 3.14. The van der Waals surface area contributed by atoms with Gasteiger partial charge in [0.05, 0.1) is 11.6 Å². The van der Waals surface area contributed by atoms with Crippen LogP contribution in [0.5, 0.6) is 0 Å². The van der Waals surface area contributed by atoms with Gasteiger partial charge in [0.15, 0.2) is 0 Å². The Balaban J connectivity index is 1.71. The Bertz CT molecular complexity index is 660. The van der Waals surface area contributed by atoms with Crippen molar-refractivity contribution in [1.82, 2.24) is 9.97 Å². The summed E-state index contributed by atoms with van der Waals surface area (Å²) in [4.78, 5) is 13.0. The summed E-state index contributed by atoms with van der Waals surface area (Å²) in [6.45, 7) is 3.52. The van der Waals surface area contributed by atoms with Gasteiger partial charge in [0.1, 0.15) is 0 Å². The lowest BCUT2D eigenvalue weighted by molar-refractivity contribution is 0.640. The van der Waals surface area contributed by atoms with E-state index < -0.39 is 0 Å². The molecule has 1 aromatic heterocycles. The van der Waals surface area contributed by atoms with E-state index in [9.17, 15) is 0 Å².